The van der Waals surface area contributed by atoms with E-state index in [1.54, 1.807) is 19.5 Å². The maximum Gasteiger partial charge on any atom is 0.253 e. The first-order valence-electron chi connectivity index (χ1n) is 7.96. The van der Waals surface area contributed by atoms with Crippen molar-refractivity contribution in [3.05, 3.63) is 53.9 Å². The van der Waals surface area contributed by atoms with Crippen LogP contribution in [0.5, 0.6) is 5.75 Å². The van der Waals surface area contributed by atoms with E-state index in [4.69, 9.17) is 9.47 Å². The number of pyridine rings is 1. The van der Waals surface area contributed by atoms with Crippen molar-refractivity contribution in [2.45, 2.75) is 6.54 Å². The van der Waals surface area contributed by atoms with Crippen molar-refractivity contribution in [3.63, 3.8) is 0 Å². The zero-order valence-corrected chi connectivity index (χ0v) is 13.7. The average molecular weight is 327 g/mol. The van der Waals surface area contributed by atoms with Crippen molar-refractivity contribution >= 4 is 11.6 Å². The number of nitrogens with one attached hydrogen (secondary N) is 1. The largest absolute Gasteiger partial charge is 0.496 e. The van der Waals surface area contributed by atoms with E-state index < -0.39 is 0 Å². The molecular weight excluding hydrogens is 306 g/mol. The van der Waals surface area contributed by atoms with Crippen molar-refractivity contribution in [3.8, 4) is 5.75 Å². The highest BCUT2D eigenvalue weighted by atomic mass is 16.5. The Kier molecular flexibility index (Phi) is 5.28. The van der Waals surface area contributed by atoms with Gasteiger partial charge in [0.1, 0.15) is 5.75 Å². The zero-order valence-electron chi connectivity index (χ0n) is 13.7. The molecule has 3 rings (SSSR count). The first-order valence-corrected chi connectivity index (χ1v) is 7.96. The second-order valence-electron chi connectivity index (χ2n) is 5.53. The van der Waals surface area contributed by atoms with Crippen molar-refractivity contribution in [1.29, 1.82) is 0 Å². The summed E-state index contributed by atoms with van der Waals surface area (Å²) < 4.78 is 10.7. The lowest BCUT2D eigenvalue weighted by Crippen LogP contribution is -2.36. The Morgan fingerprint density at radius 1 is 1.29 bits per heavy atom. The van der Waals surface area contributed by atoms with Gasteiger partial charge < -0.3 is 19.7 Å². The number of rotatable bonds is 5. The van der Waals surface area contributed by atoms with E-state index in [0.29, 0.717) is 25.3 Å². The third kappa shape index (κ3) is 3.83. The molecule has 24 heavy (non-hydrogen) atoms. The molecule has 0 radical (unpaired) electrons. The molecule has 1 fully saturated rings. The Labute approximate surface area is 141 Å². The number of ether oxygens (including phenoxy) is 2. The predicted molar refractivity (Wildman–Crippen MR) is 91.4 cm³/mol. The van der Waals surface area contributed by atoms with Crippen LogP contribution in [0.1, 0.15) is 15.9 Å². The van der Waals surface area contributed by atoms with Crippen LogP contribution in [0.4, 0.5) is 5.69 Å². The number of aromatic nitrogens is 1. The van der Waals surface area contributed by atoms with Gasteiger partial charge in [0.05, 0.1) is 37.8 Å². The molecule has 1 aliphatic heterocycles. The standard InChI is InChI=1S/C18H21N3O3/c1-23-17-5-3-2-4-14(17)12-20-18(22)15-10-16(13-19-11-15)21-6-8-24-9-7-21/h2-5,10-11,13H,6-9,12H2,1H3,(H,20,22). The number of benzene rings is 1. The minimum absolute atomic E-state index is 0.150. The molecule has 1 aliphatic rings. The van der Waals surface area contributed by atoms with Crippen LogP contribution in [0.15, 0.2) is 42.7 Å². The molecule has 6 nitrogen and oxygen atoms in total. The third-order valence-electron chi connectivity index (χ3n) is 3.99. The topological polar surface area (TPSA) is 63.7 Å². The van der Waals surface area contributed by atoms with Gasteiger partial charge in [-0.1, -0.05) is 18.2 Å². The van der Waals surface area contributed by atoms with E-state index in [2.05, 4.69) is 15.2 Å². The molecule has 0 unspecified atom stereocenters. The van der Waals surface area contributed by atoms with Gasteiger partial charge in [-0.25, -0.2) is 0 Å². The van der Waals surface area contributed by atoms with Gasteiger partial charge in [0.2, 0.25) is 0 Å². The zero-order chi connectivity index (χ0) is 16.8. The van der Waals surface area contributed by atoms with Gasteiger partial charge in [-0.3, -0.25) is 9.78 Å². The summed E-state index contributed by atoms with van der Waals surface area (Å²) in [5.74, 6) is 0.613. The monoisotopic (exact) mass is 327 g/mol. The summed E-state index contributed by atoms with van der Waals surface area (Å²) in [5.41, 5.74) is 2.43. The fraction of sp³-hybridized carbons (Fsp3) is 0.333. The number of methoxy groups -OCH3 is 1. The fourth-order valence-electron chi connectivity index (χ4n) is 2.67. The smallest absolute Gasteiger partial charge is 0.253 e. The minimum Gasteiger partial charge on any atom is -0.496 e. The second-order valence-corrected chi connectivity index (χ2v) is 5.53. The van der Waals surface area contributed by atoms with E-state index in [1.807, 2.05) is 30.3 Å². The molecule has 1 N–H and O–H groups in total. The lowest BCUT2D eigenvalue weighted by molar-refractivity contribution is 0.0950. The number of anilines is 1. The van der Waals surface area contributed by atoms with Gasteiger partial charge in [0.25, 0.3) is 5.91 Å². The third-order valence-corrected chi connectivity index (χ3v) is 3.99. The molecule has 0 atom stereocenters. The van der Waals surface area contributed by atoms with Crippen LogP contribution in [-0.2, 0) is 11.3 Å². The Balaban J connectivity index is 1.66. The van der Waals surface area contributed by atoms with Gasteiger partial charge in [-0.05, 0) is 12.1 Å². The lowest BCUT2D eigenvalue weighted by atomic mass is 10.2. The van der Waals surface area contributed by atoms with Gasteiger partial charge in [0, 0.05) is 31.4 Å². The first-order chi connectivity index (χ1) is 11.8. The maximum atomic E-state index is 12.4. The van der Waals surface area contributed by atoms with Crippen LogP contribution in [0.2, 0.25) is 0 Å². The highest BCUT2D eigenvalue weighted by Crippen LogP contribution is 2.18. The number of nitrogens with zero attached hydrogens (tertiary/aromatic N) is 2. The van der Waals surface area contributed by atoms with Crippen LogP contribution < -0.4 is 15.0 Å². The van der Waals surface area contributed by atoms with E-state index in [9.17, 15) is 4.79 Å². The number of carbonyl (C=O) groups is 1. The molecule has 0 aliphatic carbocycles. The number of amides is 1. The molecule has 1 saturated heterocycles. The van der Waals surface area contributed by atoms with Crippen LogP contribution in [0.25, 0.3) is 0 Å². The summed E-state index contributed by atoms with van der Waals surface area (Å²) in [4.78, 5) is 18.8. The molecule has 6 heteroatoms. The molecule has 2 aromatic rings. The van der Waals surface area contributed by atoms with Gasteiger partial charge >= 0.3 is 0 Å². The van der Waals surface area contributed by atoms with E-state index in [0.717, 1.165) is 30.1 Å². The molecule has 2 heterocycles. The Bertz CT molecular complexity index is 699. The first kappa shape index (κ1) is 16.3. The molecule has 0 saturated carbocycles. The summed E-state index contributed by atoms with van der Waals surface area (Å²) in [6, 6.07) is 9.50. The number of morpholine rings is 1. The van der Waals surface area contributed by atoms with E-state index >= 15 is 0 Å². The molecule has 0 spiro atoms. The molecule has 126 valence electrons. The maximum absolute atomic E-state index is 12.4. The van der Waals surface area contributed by atoms with Gasteiger partial charge in [-0.15, -0.1) is 0 Å². The Morgan fingerprint density at radius 2 is 2.08 bits per heavy atom. The summed E-state index contributed by atoms with van der Waals surface area (Å²) in [7, 11) is 1.62. The van der Waals surface area contributed by atoms with Crippen molar-refractivity contribution < 1.29 is 14.3 Å². The molecule has 1 aromatic carbocycles. The minimum atomic E-state index is -0.150. The van der Waals surface area contributed by atoms with Crippen LogP contribution in [0.3, 0.4) is 0 Å². The summed E-state index contributed by atoms with van der Waals surface area (Å²) >= 11 is 0. The highest BCUT2D eigenvalue weighted by Gasteiger charge is 2.14. The molecule has 1 amide bonds. The van der Waals surface area contributed by atoms with Gasteiger partial charge in [-0.2, -0.15) is 0 Å². The fourth-order valence-corrected chi connectivity index (χ4v) is 2.67. The highest BCUT2D eigenvalue weighted by molar-refractivity contribution is 5.94. The van der Waals surface area contributed by atoms with E-state index in [1.165, 1.54) is 0 Å². The Hall–Kier alpha value is -2.60. The summed E-state index contributed by atoms with van der Waals surface area (Å²) in [6.07, 6.45) is 3.36. The Morgan fingerprint density at radius 3 is 2.88 bits per heavy atom. The molecule has 0 bridgehead atoms. The summed E-state index contributed by atoms with van der Waals surface area (Å²) in [6.45, 7) is 3.43. The van der Waals surface area contributed by atoms with Crippen LogP contribution >= 0.6 is 0 Å². The SMILES string of the molecule is COc1ccccc1CNC(=O)c1cncc(N2CCOCC2)c1. The molecule has 1 aromatic heterocycles. The number of carbonyl (C=O) groups excluding carboxylic acids is 1. The van der Waals surface area contributed by atoms with Crippen molar-refractivity contribution in [2.24, 2.45) is 0 Å². The number of hydrogen-bond acceptors (Lipinski definition) is 5. The molecular formula is C18H21N3O3. The average Bonchev–Trinajstić information content (AvgIpc) is 2.67. The van der Waals surface area contributed by atoms with Crippen LogP contribution in [-0.4, -0.2) is 44.3 Å². The predicted octanol–water partition coefficient (Wildman–Crippen LogP) is 1.86. The van der Waals surface area contributed by atoms with E-state index in [-0.39, 0.29) is 5.91 Å². The van der Waals surface area contributed by atoms with Gasteiger partial charge in [0.15, 0.2) is 0 Å². The normalized spacial score (nSPS) is 14.3. The summed E-state index contributed by atoms with van der Waals surface area (Å²) in [5, 5.41) is 2.92. The lowest BCUT2D eigenvalue weighted by Gasteiger charge is -2.28. The number of para-hydroxylation sites is 1. The van der Waals surface area contributed by atoms with Crippen LogP contribution in [0, 0.1) is 0 Å². The second kappa shape index (κ2) is 7.79. The quantitative estimate of drug-likeness (QED) is 0.908. The van der Waals surface area contributed by atoms with Crippen molar-refractivity contribution in [2.75, 3.05) is 38.3 Å². The number of hydrogen-bond donors (Lipinski definition) is 1. The van der Waals surface area contributed by atoms with Crippen molar-refractivity contribution in [1.82, 2.24) is 10.3 Å².